The Morgan fingerprint density at radius 2 is 1.78 bits per heavy atom. The number of rotatable bonds is 4. The summed E-state index contributed by atoms with van der Waals surface area (Å²) >= 11 is 2.23. The Kier molecular flexibility index (Phi) is 5.05. The minimum absolute atomic E-state index is 0.0405. The van der Waals surface area contributed by atoms with E-state index in [0.717, 1.165) is 20.6 Å². The molecule has 0 atom stereocenters. The quantitative estimate of drug-likeness (QED) is 0.704. The van der Waals surface area contributed by atoms with Crippen molar-refractivity contribution in [1.82, 2.24) is 4.90 Å². The normalized spacial score (nSPS) is 12.8. The Labute approximate surface area is 149 Å². The van der Waals surface area contributed by atoms with Gasteiger partial charge in [0.15, 0.2) is 11.5 Å². The Morgan fingerprint density at radius 1 is 1.09 bits per heavy atom. The van der Waals surface area contributed by atoms with Gasteiger partial charge < -0.3 is 14.4 Å². The average molecular weight is 423 g/mol. The summed E-state index contributed by atoms with van der Waals surface area (Å²) in [5.74, 6) is 1.57. The van der Waals surface area contributed by atoms with Crippen LogP contribution in [0.5, 0.6) is 11.5 Å². The van der Waals surface area contributed by atoms with E-state index in [-0.39, 0.29) is 5.91 Å². The zero-order valence-corrected chi connectivity index (χ0v) is 15.1. The number of carbonyl (C=O) groups excluding carboxylic acids is 1. The fourth-order valence-electron chi connectivity index (χ4n) is 2.51. The average Bonchev–Trinajstić information content (AvgIpc) is 2.59. The van der Waals surface area contributed by atoms with Crippen molar-refractivity contribution in [2.75, 3.05) is 19.8 Å². The van der Waals surface area contributed by atoms with Crippen LogP contribution in [0, 0.1) is 3.57 Å². The van der Waals surface area contributed by atoms with Crippen LogP contribution in [-0.2, 0) is 6.54 Å². The molecule has 0 saturated carbocycles. The van der Waals surface area contributed by atoms with Gasteiger partial charge in [-0.25, -0.2) is 0 Å². The van der Waals surface area contributed by atoms with Crippen LogP contribution in [0.3, 0.4) is 0 Å². The van der Waals surface area contributed by atoms with E-state index in [2.05, 4.69) is 22.6 Å². The molecule has 0 N–H and O–H groups in total. The molecule has 3 rings (SSSR count). The maximum atomic E-state index is 12.6. The zero-order chi connectivity index (χ0) is 16.2. The van der Waals surface area contributed by atoms with Crippen LogP contribution in [-0.4, -0.2) is 30.6 Å². The van der Waals surface area contributed by atoms with Crippen LogP contribution in [0.1, 0.15) is 22.8 Å². The van der Waals surface area contributed by atoms with Gasteiger partial charge in [0.25, 0.3) is 5.91 Å². The topological polar surface area (TPSA) is 38.8 Å². The van der Waals surface area contributed by atoms with Crippen molar-refractivity contribution in [1.29, 1.82) is 0 Å². The number of hydrogen-bond donors (Lipinski definition) is 0. The highest BCUT2D eigenvalue weighted by molar-refractivity contribution is 14.1. The van der Waals surface area contributed by atoms with E-state index >= 15 is 0 Å². The second kappa shape index (κ2) is 7.21. The van der Waals surface area contributed by atoms with Crippen molar-refractivity contribution in [3.63, 3.8) is 0 Å². The molecule has 0 saturated heterocycles. The fraction of sp³-hybridized carbons (Fsp3) is 0.278. The van der Waals surface area contributed by atoms with E-state index < -0.39 is 0 Å². The minimum atomic E-state index is 0.0405. The van der Waals surface area contributed by atoms with E-state index in [9.17, 15) is 4.79 Å². The third kappa shape index (κ3) is 3.77. The predicted octanol–water partition coefficient (Wildman–Crippen LogP) is 3.72. The van der Waals surface area contributed by atoms with E-state index in [4.69, 9.17) is 9.47 Å². The van der Waals surface area contributed by atoms with E-state index in [1.165, 1.54) is 0 Å². The van der Waals surface area contributed by atoms with Crippen molar-refractivity contribution in [2.24, 2.45) is 0 Å². The summed E-state index contributed by atoms with van der Waals surface area (Å²) < 4.78 is 12.3. The molecule has 23 heavy (non-hydrogen) atoms. The van der Waals surface area contributed by atoms with Crippen molar-refractivity contribution >= 4 is 28.5 Å². The molecule has 0 aliphatic carbocycles. The lowest BCUT2D eigenvalue weighted by Crippen LogP contribution is -2.30. The minimum Gasteiger partial charge on any atom is -0.486 e. The Bertz CT molecular complexity index is 700. The van der Waals surface area contributed by atoms with E-state index in [1.807, 2.05) is 54.3 Å². The van der Waals surface area contributed by atoms with Crippen LogP contribution in [0.15, 0.2) is 42.5 Å². The van der Waals surface area contributed by atoms with Gasteiger partial charge >= 0.3 is 0 Å². The Hall–Kier alpha value is -1.76. The zero-order valence-electron chi connectivity index (χ0n) is 12.9. The van der Waals surface area contributed by atoms with Crippen LogP contribution >= 0.6 is 22.6 Å². The summed E-state index contributed by atoms with van der Waals surface area (Å²) in [5, 5.41) is 0. The number of carbonyl (C=O) groups is 1. The number of benzene rings is 2. The Balaban J connectivity index is 1.76. The highest BCUT2D eigenvalue weighted by Crippen LogP contribution is 2.31. The number of nitrogens with zero attached hydrogens (tertiary/aromatic N) is 1. The van der Waals surface area contributed by atoms with Gasteiger partial charge in [-0.1, -0.05) is 6.07 Å². The van der Waals surface area contributed by atoms with Gasteiger partial charge in [0.05, 0.1) is 0 Å². The smallest absolute Gasteiger partial charge is 0.254 e. The van der Waals surface area contributed by atoms with Crippen molar-refractivity contribution in [2.45, 2.75) is 13.5 Å². The molecule has 0 radical (unpaired) electrons. The van der Waals surface area contributed by atoms with Gasteiger partial charge in [0.2, 0.25) is 0 Å². The second-order valence-electron chi connectivity index (χ2n) is 5.30. The molecule has 5 heteroatoms. The second-order valence-corrected chi connectivity index (χ2v) is 6.55. The summed E-state index contributed by atoms with van der Waals surface area (Å²) in [6.07, 6.45) is 0. The maximum Gasteiger partial charge on any atom is 0.254 e. The first-order valence-corrected chi connectivity index (χ1v) is 8.68. The van der Waals surface area contributed by atoms with Crippen LogP contribution in [0.4, 0.5) is 0 Å². The van der Waals surface area contributed by atoms with Gasteiger partial charge in [-0.3, -0.25) is 4.79 Å². The van der Waals surface area contributed by atoms with Gasteiger partial charge in [0.1, 0.15) is 13.2 Å². The molecule has 4 nitrogen and oxygen atoms in total. The number of ether oxygens (including phenoxy) is 2. The summed E-state index contributed by atoms with van der Waals surface area (Å²) in [5.41, 5.74) is 1.75. The standard InChI is InChI=1S/C18H18INO3/c1-2-20(18(21)14-4-6-15(19)7-5-14)12-13-3-8-16-17(11-13)23-10-9-22-16/h3-8,11H,2,9-10,12H2,1H3. The third-order valence-corrected chi connectivity index (χ3v) is 4.46. The Morgan fingerprint density at radius 3 is 2.48 bits per heavy atom. The summed E-state index contributed by atoms with van der Waals surface area (Å²) in [6.45, 7) is 4.34. The molecular weight excluding hydrogens is 405 g/mol. The summed E-state index contributed by atoms with van der Waals surface area (Å²) in [7, 11) is 0. The number of amides is 1. The molecule has 120 valence electrons. The monoisotopic (exact) mass is 423 g/mol. The van der Waals surface area contributed by atoms with E-state index in [1.54, 1.807) is 0 Å². The lowest BCUT2D eigenvalue weighted by Gasteiger charge is -2.23. The SMILES string of the molecule is CCN(Cc1ccc2c(c1)OCCO2)C(=O)c1ccc(I)cc1. The third-order valence-electron chi connectivity index (χ3n) is 3.74. The van der Waals surface area contributed by atoms with Crippen molar-refractivity contribution in [3.8, 4) is 11.5 Å². The molecule has 0 bridgehead atoms. The molecule has 0 fully saturated rings. The van der Waals surface area contributed by atoms with Gasteiger partial charge in [-0.2, -0.15) is 0 Å². The maximum absolute atomic E-state index is 12.6. The van der Waals surface area contributed by atoms with Gasteiger partial charge in [-0.05, 0) is 71.5 Å². The lowest BCUT2D eigenvalue weighted by atomic mass is 10.1. The van der Waals surface area contributed by atoms with Crippen LogP contribution < -0.4 is 9.47 Å². The molecule has 1 aliphatic heterocycles. The van der Waals surface area contributed by atoms with E-state index in [0.29, 0.717) is 31.9 Å². The fourth-order valence-corrected chi connectivity index (χ4v) is 2.87. The number of hydrogen-bond acceptors (Lipinski definition) is 3. The van der Waals surface area contributed by atoms with Crippen molar-refractivity contribution < 1.29 is 14.3 Å². The predicted molar refractivity (Wildman–Crippen MR) is 97.0 cm³/mol. The van der Waals surface area contributed by atoms with Crippen LogP contribution in [0.2, 0.25) is 0 Å². The molecule has 1 amide bonds. The largest absolute Gasteiger partial charge is 0.486 e. The van der Waals surface area contributed by atoms with Gasteiger partial charge in [-0.15, -0.1) is 0 Å². The molecule has 1 aliphatic rings. The van der Waals surface area contributed by atoms with Gasteiger partial charge in [0, 0.05) is 22.2 Å². The summed E-state index contributed by atoms with van der Waals surface area (Å²) in [6, 6.07) is 13.5. The number of halogens is 1. The van der Waals surface area contributed by atoms with Crippen molar-refractivity contribution in [3.05, 3.63) is 57.2 Å². The lowest BCUT2D eigenvalue weighted by molar-refractivity contribution is 0.0752. The molecular formula is C18H18INO3. The number of fused-ring (bicyclic) bond motifs is 1. The highest BCUT2D eigenvalue weighted by atomic mass is 127. The van der Waals surface area contributed by atoms with Crippen LogP contribution in [0.25, 0.3) is 0 Å². The highest BCUT2D eigenvalue weighted by Gasteiger charge is 2.17. The molecule has 2 aromatic carbocycles. The first kappa shape index (κ1) is 16.1. The first-order chi connectivity index (χ1) is 11.2. The first-order valence-electron chi connectivity index (χ1n) is 7.60. The molecule has 0 aromatic heterocycles. The molecule has 0 unspecified atom stereocenters. The summed E-state index contributed by atoms with van der Waals surface area (Å²) in [4.78, 5) is 14.5. The molecule has 0 spiro atoms. The molecule has 1 heterocycles. The molecule has 2 aromatic rings.